The Bertz CT molecular complexity index is 902. The van der Waals surface area contributed by atoms with Crippen molar-refractivity contribution in [3.8, 4) is 0 Å². The minimum atomic E-state index is -2.31. The Hall–Kier alpha value is -2.97. The molecule has 25 heavy (non-hydrogen) atoms. The summed E-state index contributed by atoms with van der Waals surface area (Å²) in [4.78, 5) is 25.4. The van der Waals surface area contributed by atoms with Gasteiger partial charge in [-0.15, -0.1) is 0 Å². The molecule has 0 unspecified atom stereocenters. The summed E-state index contributed by atoms with van der Waals surface area (Å²) in [6.45, 7) is 2.67. The Labute approximate surface area is 137 Å². The lowest BCUT2D eigenvalue weighted by atomic mass is 10.0. The second-order valence-corrected chi connectivity index (χ2v) is 5.09. The van der Waals surface area contributed by atoms with Gasteiger partial charge in [-0.05, 0) is 31.6 Å². The third kappa shape index (κ3) is 3.04. The minimum absolute atomic E-state index is 0.0181. The van der Waals surface area contributed by atoms with Gasteiger partial charge in [-0.3, -0.25) is 4.79 Å². The second-order valence-electron chi connectivity index (χ2n) is 5.09. The van der Waals surface area contributed by atoms with E-state index in [4.69, 9.17) is 0 Å². The number of allylic oxidation sites excluding steroid dienone is 1. The number of benzene rings is 1. The fraction of sp³-hybridized carbons (Fsp3) is 0.125. The van der Waals surface area contributed by atoms with Crippen LogP contribution < -0.4 is 5.11 Å². The first-order valence-electron chi connectivity index (χ1n) is 6.72. The fourth-order valence-corrected chi connectivity index (χ4v) is 2.33. The molecule has 1 heterocycles. The van der Waals surface area contributed by atoms with Crippen molar-refractivity contribution in [1.82, 2.24) is 4.98 Å². The number of ketones is 1. The normalized spacial score (nSPS) is 11.3. The molecule has 0 saturated heterocycles. The van der Waals surface area contributed by atoms with Gasteiger partial charge in [-0.2, -0.15) is 0 Å². The summed E-state index contributed by atoms with van der Waals surface area (Å²) in [6.07, 6.45) is 1.02. The number of carbonyl (C=O) groups excluding carboxylic acids is 2. The van der Waals surface area contributed by atoms with Crippen molar-refractivity contribution in [3.63, 3.8) is 0 Å². The highest BCUT2D eigenvalue weighted by atomic mass is 19.2. The quantitative estimate of drug-likeness (QED) is 0.300. The Morgan fingerprint density at radius 3 is 1.84 bits per heavy atom. The predicted molar refractivity (Wildman–Crippen MR) is 74.2 cm³/mol. The summed E-state index contributed by atoms with van der Waals surface area (Å²) in [6, 6.07) is 0. The van der Waals surface area contributed by atoms with Gasteiger partial charge in [0.1, 0.15) is 0 Å². The largest absolute Gasteiger partial charge is 0.543 e. The van der Waals surface area contributed by atoms with Gasteiger partial charge in [-0.1, -0.05) is 0 Å². The average molecular weight is 358 g/mol. The van der Waals surface area contributed by atoms with Crippen LogP contribution in [0.5, 0.6) is 0 Å². The van der Waals surface area contributed by atoms with Crippen molar-refractivity contribution in [2.24, 2.45) is 0 Å². The minimum Gasteiger partial charge on any atom is -0.543 e. The van der Waals surface area contributed by atoms with Crippen molar-refractivity contribution >= 4 is 17.8 Å². The van der Waals surface area contributed by atoms with Crippen LogP contribution in [0.25, 0.3) is 6.08 Å². The van der Waals surface area contributed by atoms with Gasteiger partial charge in [0.05, 0.1) is 17.2 Å². The summed E-state index contributed by atoms with van der Waals surface area (Å²) < 4.78 is 66.3. The monoisotopic (exact) mass is 358 g/mol. The van der Waals surface area contributed by atoms with Crippen LogP contribution in [0.3, 0.4) is 0 Å². The van der Waals surface area contributed by atoms with E-state index in [1.165, 1.54) is 13.8 Å². The lowest BCUT2D eigenvalue weighted by molar-refractivity contribution is -0.255. The molecule has 0 atom stereocenters. The van der Waals surface area contributed by atoms with Crippen molar-refractivity contribution in [3.05, 3.63) is 63.2 Å². The number of aromatic carboxylic acids is 1. The van der Waals surface area contributed by atoms with Crippen LogP contribution in [-0.4, -0.2) is 16.7 Å². The lowest BCUT2D eigenvalue weighted by Gasteiger charge is -2.04. The average Bonchev–Trinajstić information content (AvgIpc) is 2.85. The van der Waals surface area contributed by atoms with Gasteiger partial charge < -0.3 is 14.9 Å². The highest BCUT2D eigenvalue weighted by Crippen LogP contribution is 2.25. The van der Waals surface area contributed by atoms with E-state index in [0.29, 0.717) is 12.2 Å². The fourth-order valence-electron chi connectivity index (χ4n) is 2.33. The summed E-state index contributed by atoms with van der Waals surface area (Å²) in [5, 5.41) is 10.9. The van der Waals surface area contributed by atoms with Gasteiger partial charge in [0.25, 0.3) is 0 Å². The zero-order valence-electron chi connectivity index (χ0n) is 12.8. The molecule has 2 aromatic rings. The molecule has 1 aromatic heterocycles. The number of carbonyl (C=O) groups is 2. The van der Waals surface area contributed by atoms with E-state index in [1.54, 1.807) is 0 Å². The van der Waals surface area contributed by atoms with Crippen molar-refractivity contribution in [2.45, 2.75) is 13.8 Å². The summed E-state index contributed by atoms with van der Waals surface area (Å²) >= 11 is 0. The number of carboxylic acid groups (broad SMARTS) is 1. The van der Waals surface area contributed by atoms with Crippen molar-refractivity contribution < 1.29 is 36.6 Å². The molecule has 4 nitrogen and oxygen atoms in total. The first-order valence-corrected chi connectivity index (χ1v) is 6.72. The van der Waals surface area contributed by atoms with Crippen LogP contribution in [0.1, 0.15) is 37.7 Å². The molecule has 132 valence electrons. The van der Waals surface area contributed by atoms with Crippen molar-refractivity contribution in [1.29, 1.82) is 0 Å². The van der Waals surface area contributed by atoms with Crippen LogP contribution in [0, 0.1) is 42.9 Å². The zero-order chi connectivity index (χ0) is 19.0. The van der Waals surface area contributed by atoms with E-state index in [0.717, 1.165) is 0 Å². The van der Waals surface area contributed by atoms with Crippen LogP contribution in [0.4, 0.5) is 22.0 Å². The number of hydrogen-bond donors (Lipinski definition) is 1. The van der Waals surface area contributed by atoms with Crippen molar-refractivity contribution in [2.75, 3.05) is 0 Å². The van der Waals surface area contributed by atoms with Crippen LogP contribution in [-0.2, 0) is 0 Å². The number of aromatic amines is 1. The van der Waals surface area contributed by atoms with Gasteiger partial charge in [0.2, 0.25) is 5.82 Å². The Kier molecular flexibility index (Phi) is 4.78. The van der Waals surface area contributed by atoms with Gasteiger partial charge in [0, 0.05) is 11.3 Å². The maximum absolute atomic E-state index is 13.5. The molecule has 0 aliphatic heterocycles. The zero-order valence-corrected chi connectivity index (χ0v) is 12.8. The topological polar surface area (TPSA) is 73.0 Å². The standard InChI is InChI=1S/C16H10F5NO3/c1-5-9(6(2)22-15(5)16(24)25)8(23)4-3-7-10(17)12(19)14(21)13(20)11(7)18/h3-4,22H,1-2H3,(H,24,25)/p-1/b4-3+. The van der Waals surface area contributed by atoms with E-state index in [1.807, 2.05) is 0 Å². The third-order valence-corrected chi connectivity index (χ3v) is 3.53. The van der Waals surface area contributed by atoms with E-state index >= 15 is 0 Å². The van der Waals surface area contributed by atoms with E-state index < -0.39 is 46.4 Å². The third-order valence-electron chi connectivity index (χ3n) is 3.53. The second kappa shape index (κ2) is 6.50. The van der Waals surface area contributed by atoms with Gasteiger partial charge in [-0.25, -0.2) is 22.0 Å². The van der Waals surface area contributed by atoms with Gasteiger partial charge in [0.15, 0.2) is 29.1 Å². The van der Waals surface area contributed by atoms with Gasteiger partial charge >= 0.3 is 0 Å². The molecule has 2 rings (SSSR count). The molecule has 0 spiro atoms. The molecule has 0 amide bonds. The van der Waals surface area contributed by atoms with Crippen LogP contribution >= 0.6 is 0 Å². The maximum Gasteiger partial charge on any atom is 0.200 e. The molecule has 9 heteroatoms. The van der Waals surface area contributed by atoms with Crippen LogP contribution in [0.15, 0.2) is 6.08 Å². The number of H-pyrrole nitrogens is 1. The molecular formula is C16H9F5NO3-. The molecule has 0 saturated carbocycles. The van der Waals surface area contributed by atoms with E-state index in [9.17, 15) is 36.6 Å². The van der Waals surface area contributed by atoms with Crippen LogP contribution in [0.2, 0.25) is 0 Å². The number of aromatic nitrogens is 1. The maximum atomic E-state index is 13.5. The Morgan fingerprint density at radius 1 is 0.920 bits per heavy atom. The SMILES string of the molecule is Cc1[nH]c(C(=O)[O-])c(C)c1C(=O)/C=C/c1c(F)c(F)c(F)c(F)c1F. The summed E-state index contributed by atoms with van der Waals surface area (Å²) in [5.74, 6) is -13.2. The number of nitrogens with one attached hydrogen (secondary N) is 1. The first-order chi connectivity index (χ1) is 11.6. The van der Waals surface area contributed by atoms with E-state index in [2.05, 4.69) is 4.98 Å². The smallest absolute Gasteiger partial charge is 0.200 e. The molecule has 0 aliphatic rings. The molecule has 0 radical (unpaired) electrons. The first kappa shape index (κ1) is 18.4. The number of hydrogen-bond acceptors (Lipinski definition) is 3. The van der Waals surface area contributed by atoms with E-state index in [-0.39, 0.29) is 22.5 Å². The predicted octanol–water partition coefficient (Wildman–Crippen LogP) is 2.59. The molecule has 0 fully saturated rings. The highest BCUT2D eigenvalue weighted by Gasteiger charge is 2.24. The Morgan fingerprint density at radius 2 is 1.40 bits per heavy atom. The highest BCUT2D eigenvalue weighted by molar-refractivity contribution is 6.10. The lowest BCUT2D eigenvalue weighted by Crippen LogP contribution is -2.23. The number of aryl methyl sites for hydroxylation is 1. The number of rotatable bonds is 4. The summed E-state index contributed by atoms with van der Waals surface area (Å²) in [7, 11) is 0. The molecule has 1 N–H and O–H groups in total. The summed E-state index contributed by atoms with van der Waals surface area (Å²) in [5.41, 5.74) is -1.59. The molecular weight excluding hydrogens is 349 g/mol. The molecule has 0 bridgehead atoms. The Balaban J connectivity index is 2.49. The number of halogens is 5. The molecule has 0 aliphatic carbocycles. The number of carboxylic acids is 1. The molecule has 1 aromatic carbocycles.